The van der Waals surface area contributed by atoms with Gasteiger partial charge in [0.2, 0.25) is 5.91 Å². The standard InChI is InChI=1S/C11H15ClN4O/c1-6(11(17)13-2)14-9-5-8(12)15-10(16-9)7-3-4-7/h5-7H,3-4H2,1-2H3,(H,13,17)(H,14,15,16). The van der Waals surface area contributed by atoms with E-state index in [4.69, 9.17) is 11.6 Å². The van der Waals surface area contributed by atoms with Gasteiger partial charge in [-0.3, -0.25) is 4.79 Å². The van der Waals surface area contributed by atoms with Crippen LogP contribution in [0.4, 0.5) is 5.82 Å². The first-order valence-corrected chi connectivity index (χ1v) is 6.00. The molecule has 0 saturated heterocycles. The number of anilines is 1. The minimum atomic E-state index is -0.349. The van der Waals surface area contributed by atoms with Crippen molar-refractivity contribution in [3.63, 3.8) is 0 Å². The van der Waals surface area contributed by atoms with Crippen molar-refractivity contribution in [3.8, 4) is 0 Å². The van der Waals surface area contributed by atoms with Crippen molar-refractivity contribution in [1.82, 2.24) is 15.3 Å². The zero-order chi connectivity index (χ0) is 12.4. The Morgan fingerprint density at radius 3 is 2.82 bits per heavy atom. The molecule has 0 spiro atoms. The second-order valence-corrected chi connectivity index (χ2v) is 4.58. The summed E-state index contributed by atoms with van der Waals surface area (Å²) in [4.78, 5) is 19.9. The van der Waals surface area contributed by atoms with Crippen molar-refractivity contribution >= 4 is 23.3 Å². The fourth-order valence-electron chi connectivity index (χ4n) is 1.54. The molecular formula is C11H15ClN4O. The van der Waals surface area contributed by atoms with Crippen LogP contribution in [0.5, 0.6) is 0 Å². The van der Waals surface area contributed by atoms with E-state index in [0.717, 1.165) is 18.7 Å². The maximum absolute atomic E-state index is 11.4. The molecule has 1 aliphatic rings. The lowest BCUT2D eigenvalue weighted by Gasteiger charge is -2.13. The molecule has 1 saturated carbocycles. The van der Waals surface area contributed by atoms with E-state index in [1.807, 2.05) is 0 Å². The summed E-state index contributed by atoms with van der Waals surface area (Å²) < 4.78 is 0. The Bertz CT molecular complexity index is 433. The number of amides is 1. The Kier molecular flexibility index (Phi) is 3.47. The van der Waals surface area contributed by atoms with Crippen LogP contribution in [0, 0.1) is 0 Å². The van der Waals surface area contributed by atoms with Crippen molar-refractivity contribution in [3.05, 3.63) is 17.0 Å². The first-order chi connectivity index (χ1) is 8.10. The number of carbonyl (C=O) groups excluding carboxylic acids is 1. The Hall–Kier alpha value is -1.36. The number of carbonyl (C=O) groups is 1. The zero-order valence-electron chi connectivity index (χ0n) is 9.83. The molecule has 0 radical (unpaired) electrons. The maximum atomic E-state index is 11.4. The van der Waals surface area contributed by atoms with E-state index in [1.165, 1.54) is 0 Å². The minimum absolute atomic E-state index is 0.0901. The van der Waals surface area contributed by atoms with E-state index in [1.54, 1.807) is 20.0 Å². The van der Waals surface area contributed by atoms with Gasteiger partial charge >= 0.3 is 0 Å². The average Bonchev–Trinajstić information content (AvgIpc) is 3.10. The van der Waals surface area contributed by atoms with Crippen molar-refractivity contribution < 1.29 is 4.79 Å². The molecule has 1 atom stereocenters. The number of aromatic nitrogens is 2. The summed E-state index contributed by atoms with van der Waals surface area (Å²) in [7, 11) is 1.60. The molecule has 17 heavy (non-hydrogen) atoms. The molecule has 1 aromatic rings. The van der Waals surface area contributed by atoms with Crippen LogP contribution in [-0.4, -0.2) is 29.0 Å². The lowest BCUT2D eigenvalue weighted by atomic mass is 10.3. The summed E-state index contributed by atoms with van der Waals surface area (Å²) in [6.07, 6.45) is 2.23. The van der Waals surface area contributed by atoms with Crippen LogP contribution in [0.3, 0.4) is 0 Å². The molecule has 1 unspecified atom stereocenters. The van der Waals surface area contributed by atoms with Crippen LogP contribution in [0.1, 0.15) is 31.5 Å². The molecular weight excluding hydrogens is 240 g/mol. The van der Waals surface area contributed by atoms with Gasteiger partial charge in [-0.05, 0) is 19.8 Å². The van der Waals surface area contributed by atoms with E-state index < -0.39 is 0 Å². The first kappa shape index (κ1) is 12.1. The van der Waals surface area contributed by atoms with Crippen molar-refractivity contribution in [2.45, 2.75) is 31.7 Å². The summed E-state index contributed by atoms with van der Waals surface area (Å²) in [6, 6.07) is 1.28. The number of nitrogens with zero attached hydrogens (tertiary/aromatic N) is 2. The van der Waals surface area contributed by atoms with Gasteiger partial charge in [-0.15, -0.1) is 0 Å². The second kappa shape index (κ2) is 4.87. The zero-order valence-corrected chi connectivity index (χ0v) is 10.6. The molecule has 1 heterocycles. The van der Waals surface area contributed by atoms with Gasteiger partial charge in [-0.25, -0.2) is 9.97 Å². The Morgan fingerprint density at radius 1 is 1.53 bits per heavy atom. The summed E-state index contributed by atoms with van der Waals surface area (Å²) in [6.45, 7) is 1.77. The molecule has 5 nitrogen and oxygen atoms in total. The van der Waals surface area contributed by atoms with E-state index in [9.17, 15) is 4.79 Å². The number of hydrogen-bond donors (Lipinski definition) is 2. The smallest absolute Gasteiger partial charge is 0.241 e. The van der Waals surface area contributed by atoms with Gasteiger partial charge in [0.15, 0.2) is 0 Å². The van der Waals surface area contributed by atoms with Crippen molar-refractivity contribution in [2.75, 3.05) is 12.4 Å². The number of likely N-dealkylation sites (N-methyl/N-ethyl adjacent to an activating group) is 1. The summed E-state index contributed by atoms with van der Waals surface area (Å²) >= 11 is 5.93. The molecule has 0 aliphatic heterocycles. The number of nitrogens with one attached hydrogen (secondary N) is 2. The molecule has 1 fully saturated rings. The van der Waals surface area contributed by atoms with E-state index in [-0.39, 0.29) is 11.9 Å². The summed E-state index contributed by atoms with van der Waals surface area (Å²) in [5.41, 5.74) is 0. The molecule has 1 amide bonds. The Labute approximate surface area is 105 Å². The predicted molar refractivity (Wildman–Crippen MR) is 66.2 cm³/mol. The van der Waals surface area contributed by atoms with Crippen LogP contribution in [-0.2, 0) is 4.79 Å². The number of hydrogen-bond acceptors (Lipinski definition) is 4. The third-order valence-electron chi connectivity index (χ3n) is 2.66. The van der Waals surface area contributed by atoms with Gasteiger partial charge in [0.25, 0.3) is 0 Å². The Morgan fingerprint density at radius 2 is 2.24 bits per heavy atom. The molecule has 2 N–H and O–H groups in total. The molecule has 0 bridgehead atoms. The highest BCUT2D eigenvalue weighted by Crippen LogP contribution is 2.38. The third kappa shape index (κ3) is 3.06. The summed E-state index contributed by atoms with van der Waals surface area (Å²) in [5.74, 6) is 1.71. The number of rotatable bonds is 4. The summed E-state index contributed by atoms with van der Waals surface area (Å²) in [5, 5.41) is 5.99. The van der Waals surface area contributed by atoms with Gasteiger partial charge in [-0.1, -0.05) is 11.6 Å². The highest BCUT2D eigenvalue weighted by molar-refractivity contribution is 6.29. The van der Waals surface area contributed by atoms with E-state index in [2.05, 4.69) is 20.6 Å². The predicted octanol–water partition coefficient (Wildman–Crippen LogP) is 1.55. The fraction of sp³-hybridized carbons (Fsp3) is 0.545. The monoisotopic (exact) mass is 254 g/mol. The lowest BCUT2D eigenvalue weighted by Crippen LogP contribution is -2.35. The van der Waals surface area contributed by atoms with Crippen LogP contribution < -0.4 is 10.6 Å². The quantitative estimate of drug-likeness (QED) is 0.800. The van der Waals surface area contributed by atoms with Gasteiger partial charge in [0.1, 0.15) is 22.8 Å². The molecule has 92 valence electrons. The molecule has 0 aromatic carbocycles. The van der Waals surface area contributed by atoms with E-state index >= 15 is 0 Å². The average molecular weight is 255 g/mol. The molecule has 6 heteroatoms. The second-order valence-electron chi connectivity index (χ2n) is 4.19. The maximum Gasteiger partial charge on any atom is 0.241 e. The Balaban J connectivity index is 2.12. The molecule has 2 rings (SSSR count). The largest absolute Gasteiger partial charge is 0.358 e. The van der Waals surface area contributed by atoms with Crippen molar-refractivity contribution in [1.29, 1.82) is 0 Å². The van der Waals surface area contributed by atoms with Gasteiger partial charge in [-0.2, -0.15) is 0 Å². The van der Waals surface area contributed by atoms with Gasteiger partial charge in [0, 0.05) is 19.0 Å². The normalized spacial score (nSPS) is 16.4. The van der Waals surface area contributed by atoms with E-state index in [0.29, 0.717) is 16.9 Å². The minimum Gasteiger partial charge on any atom is -0.358 e. The highest BCUT2D eigenvalue weighted by atomic mass is 35.5. The van der Waals surface area contributed by atoms with Gasteiger partial charge < -0.3 is 10.6 Å². The molecule has 1 aromatic heterocycles. The SMILES string of the molecule is CNC(=O)C(C)Nc1cc(Cl)nc(C2CC2)n1. The number of halogens is 1. The van der Waals surface area contributed by atoms with Gasteiger partial charge in [0.05, 0.1) is 0 Å². The van der Waals surface area contributed by atoms with Crippen LogP contribution in [0.25, 0.3) is 0 Å². The first-order valence-electron chi connectivity index (χ1n) is 5.62. The topological polar surface area (TPSA) is 66.9 Å². The van der Waals surface area contributed by atoms with Crippen LogP contribution in [0.15, 0.2) is 6.07 Å². The fourth-order valence-corrected chi connectivity index (χ4v) is 1.73. The van der Waals surface area contributed by atoms with Crippen LogP contribution in [0.2, 0.25) is 5.15 Å². The van der Waals surface area contributed by atoms with Crippen molar-refractivity contribution in [2.24, 2.45) is 0 Å². The molecule has 1 aliphatic carbocycles. The lowest BCUT2D eigenvalue weighted by molar-refractivity contribution is -0.121. The van der Waals surface area contributed by atoms with Crippen LogP contribution >= 0.6 is 11.6 Å². The third-order valence-corrected chi connectivity index (χ3v) is 2.85. The highest BCUT2D eigenvalue weighted by Gasteiger charge is 2.27.